The van der Waals surface area contributed by atoms with Crippen LogP contribution in [0.25, 0.3) is 0 Å². The molecule has 0 spiro atoms. The van der Waals surface area contributed by atoms with Gasteiger partial charge in [-0.3, -0.25) is 0 Å². The Kier molecular flexibility index (Phi) is 4.74. The molecule has 0 saturated heterocycles. The van der Waals surface area contributed by atoms with E-state index in [1.807, 2.05) is 32.9 Å². The zero-order valence-corrected chi connectivity index (χ0v) is 12.4. The molecule has 0 amide bonds. The topological polar surface area (TPSA) is 57.1 Å². The summed E-state index contributed by atoms with van der Waals surface area (Å²) >= 11 is 5.84. The lowest BCUT2D eigenvalue weighted by molar-refractivity contribution is 0.284. The third-order valence-electron chi connectivity index (χ3n) is 2.41. The van der Waals surface area contributed by atoms with Gasteiger partial charge in [0.1, 0.15) is 5.75 Å². The Balaban J connectivity index is 2.21. The van der Waals surface area contributed by atoms with Crippen LogP contribution in [0.15, 0.2) is 18.2 Å². The number of aryl methyl sites for hydroxylation is 2. The van der Waals surface area contributed by atoms with E-state index in [-0.39, 0.29) is 17.3 Å². The van der Waals surface area contributed by atoms with E-state index >= 15 is 0 Å². The maximum atomic E-state index is 5.84. The molecule has 2 aromatic rings. The van der Waals surface area contributed by atoms with Crippen molar-refractivity contribution in [3.63, 3.8) is 0 Å². The Morgan fingerprint density at radius 1 is 1.00 bits per heavy atom. The van der Waals surface area contributed by atoms with Gasteiger partial charge in [-0.2, -0.15) is 9.97 Å². The smallest absolute Gasteiger partial charge is 0.329 e. The molecule has 0 N–H and O–H groups in total. The first-order valence-corrected chi connectivity index (χ1v) is 6.75. The van der Waals surface area contributed by atoms with E-state index in [9.17, 15) is 0 Å². The van der Waals surface area contributed by atoms with Crippen molar-refractivity contribution in [3.8, 4) is 17.8 Å². The summed E-state index contributed by atoms with van der Waals surface area (Å²) in [5, 5.41) is 0.0467. The molecule has 0 aliphatic heterocycles. The van der Waals surface area contributed by atoms with Crippen LogP contribution in [0.5, 0.6) is 17.8 Å². The lowest BCUT2D eigenvalue weighted by atomic mass is 10.1. The van der Waals surface area contributed by atoms with Crippen LogP contribution in [-0.4, -0.2) is 21.6 Å². The van der Waals surface area contributed by atoms with Gasteiger partial charge in [0, 0.05) is 0 Å². The SMILES string of the molecule is CCCOc1nc(Cl)nc(Oc2cc(C)cc(C)c2)n1. The molecule has 0 aliphatic carbocycles. The molecule has 0 bridgehead atoms. The fourth-order valence-corrected chi connectivity index (χ4v) is 1.86. The van der Waals surface area contributed by atoms with Crippen molar-refractivity contribution in [3.05, 3.63) is 34.6 Å². The van der Waals surface area contributed by atoms with Crippen molar-refractivity contribution in [1.82, 2.24) is 15.0 Å². The normalized spacial score (nSPS) is 10.4. The highest BCUT2D eigenvalue weighted by atomic mass is 35.5. The molecule has 0 radical (unpaired) electrons. The van der Waals surface area contributed by atoms with Gasteiger partial charge in [0.05, 0.1) is 6.61 Å². The molecule has 0 atom stereocenters. The Morgan fingerprint density at radius 2 is 1.65 bits per heavy atom. The molecular formula is C14H16ClN3O2. The summed E-state index contributed by atoms with van der Waals surface area (Å²) in [6.45, 7) is 6.51. The first-order chi connectivity index (χ1) is 9.56. The number of benzene rings is 1. The third kappa shape index (κ3) is 4.06. The Morgan fingerprint density at radius 3 is 2.30 bits per heavy atom. The molecule has 2 rings (SSSR count). The van der Waals surface area contributed by atoms with Gasteiger partial charge in [-0.1, -0.05) is 13.0 Å². The minimum Gasteiger partial charge on any atom is -0.463 e. The molecule has 1 heterocycles. The number of hydrogen-bond donors (Lipinski definition) is 0. The Labute approximate surface area is 123 Å². The van der Waals surface area contributed by atoms with Crippen molar-refractivity contribution in [1.29, 1.82) is 0 Å². The van der Waals surface area contributed by atoms with Gasteiger partial charge in [0.2, 0.25) is 5.28 Å². The van der Waals surface area contributed by atoms with Crippen LogP contribution in [0.1, 0.15) is 24.5 Å². The summed E-state index contributed by atoms with van der Waals surface area (Å²) in [4.78, 5) is 11.9. The maximum absolute atomic E-state index is 5.84. The molecule has 1 aromatic carbocycles. The number of rotatable bonds is 5. The van der Waals surface area contributed by atoms with Gasteiger partial charge in [0.25, 0.3) is 0 Å². The molecule has 6 heteroatoms. The van der Waals surface area contributed by atoms with Crippen molar-refractivity contribution in [2.24, 2.45) is 0 Å². The average Bonchev–Trinajstić information content (AvgIpc) is 2.34. The van der Waals surface area contributed by atoms with E-state index in [4.69, 9.17) is 21.1 Å². The van der Waals surface area contributed by atoms with Gasteiger partial charge in [-0.05, 0) is 55.1 Å². The van der Waals surface area contributed by atoms with E-state index < -0.39 is 0 Å². The minimum atomic E-state index is 0.0467. The predicted molar refractivity (Wildman–Crippen MR) is 76.6 cm³/mol. The zero-order chi connectivity index (χ0) is 14.5. The molecule has 1 aromatic heterocycles. The molecule has 0 fully saturated rings. The van der Waals surface area contributed by atoms with Crippen LogP contribution in [-0.2, 0) is 0 Å². The first-order valence-electron chi connectivity index (χ1n) is 6.37. The van der Waals surface area contributed by atoms with Crippen molar-refractivity contribution >= 4 is 11.6 Å². The Bertz CT molecular complexity index is 585. The standard InChI is InChI=1S/C14H16ClN3O2/c1-4-5-19-13-16-12(15)17-14(18-13)20-11-7-9(2)6-10(3)8-11/h6-8H,4-5H2,1-3H3. The molecule has 0 aliphatic rings. The maximum Gasteiger partial charge on any atom is 0.329 e. The average molecular weight is 294 g/mol. The summed E-state index contributed by atoms with van der Waals surface area (Å²) in [6.07, 6.45) is 0.858. The van der Waals surface area contributed by atoms with E-state index in [0.29, 0.717) is 12.4 Å². The number of halogens is 1. The predicted octanol–water partition coefficient (Wildman–Crippen LogP) is 3.72. The van der Waals surface area contributed by atoms with E-state index in [0.717, 1.165) is 17.5 Å². The largest absolute Gasteiger partial charge is 0.463 e. The highest BCUT2D eigenvalue weighted by Gasteiger charge is 2.08. The molecular weight excluding hydrogens is 278 g/mol. The third-order valence-corrected chi connectivity index (χ3v) is 2.58. The molecule has 106 valence electrons. The Hall–Kier alpha value is -1.88. The second kappa shape index (κ2) is 6.52. The molecule has 0 unspecified atom stereocenters. The monoisotopic (exact) mass is 293 g/mol. The van der Waals surface area contributed by atoms with Crippen LogP contribution in [0.2, 0.25) is 5.28 Å². The highest BCUT2D eigenvalue weighted by molar-refractivity contribution is 6.28. The second-order valence-corrected chi connectivity index (χ2v) is 4.78. The number of nitrogens with zero attached hydrogens (tertiary/aromatic N) is 3. The summed E-state index contributed by atoms with van der Waals surface area (Å²) in [6, 6.07) is 6.16. The molecule has 5 nitrogen and oxygen atoms in total. The van der Waals surface area contributed by atoms with Crippen LogP contribution in [0.4, 0.5) is 0 Å². The van der Waals surface area contributed by atoms with Crippen LogP contribution >= 0.6 is 11.6 Å². The zero-order valence-electron chi connectivity index (χ0n) is 11.7. The van der Waals surface area contributed by atoms with E-state index in [2.05, 4.69) is 21.0 Å². The van der Waals surface area contributed by atoms with Gasteiger partial charge in [0.15, 0.2) is 0 Å². The van der Waals surface area contributed by atoms with Crippen LogP contribution in [0.3, 0.4) is 0 Å². The van der Waals surface area contributed by atoms with Crippen LogP contribution < -0.4 is 9.47 Å². The van der Waals surface area contributed by atoms with Crippen molar-refractivity contribution < 1.29 is 9.47 Å². The number of aromatic nitrogens is 3. The lowest BCUT2D eigenvalue weighted by Gasteiger charge is -2.08. The second-order valence-electron chi connectivity index (χ2n) is 4.44. The quantitative estimate of drug-likeness (QED) is 0.841. The lowest BCUT2D eigenvalue weighted by Crippen LogP contribution is -2.03. The summed E-state index contributed by atoms with van der Waals surface area (Å²) in [5.74, 6) is 0.659. The van der Waals surface area contributed by atoms with E-state index in [1.165, 1.54) is 0 Å². The summed E-state index contributed by atoms with van der Waals surface area (Å²) in [7, 11) is 0. The van der Waals surface area contributed by atoms with Gasteiger partial charge < -0.3 is 9.47 Å². The van der Waals surface area contributed by atoms with Crippen LogP contribution in [0, 0.1) is 13.8 Å². The van der Waals surface area contributed by atoms with Gasteiger partial charge in [-0.25, -0.2) is 0 Å². The number of ether oxygens (including phenoxy) is 2. The molecule has 0 saturated carbocycles. The van der Waals surface area contributed by atoms with Crippen molar-refractivity contribution in [2.45, 2.75) is 27.2 Å². The van der Waals surface area contributed by atoms with Gasteiger partial charge in [-0.15, -0.1) is 4.98 Å². The number of hydrogen-bond acceptors (Lipinski definition) is 5. The summed E-state index contributed by atoms with van der Waals surface area (Å²) in [5.41, 5.74) is 2.20. The van der Waals surface area contributed by atoms with Crippen molar-refractivity contribution in [2.75, 3.05) is 6.61 Å². The highest BCUT2D eigenvalue weighted by Crippen LogP contribution is 2.23. The first kappa shape index (κ1) is 14.5. The van der Waals surface area contributed by atoms with Gasteiger partial charge >= 0.3 is 12.0 Å². The minimum absolute atomic E-state index is 0.0467. The fourth-order valence-electron chi connectivity index (χ4n) is 1.72. The van der Waals surface area contributed by atoms with E-state index in [1.54, 1.807) is 0 Å². The molecule has 20 heavy (non-hydrogen) atoms. The summed E-state index contributed by atoms with van der Waals surface area (Å²) < 4.78 is 10.9. The fraction of sp³-hybridized carbons (Fsp3) is 0.357.